The summed E-state index contributed by atoms with van der Waals surface area (Å²) in [7, 11) is 1.76. The molecular weight excluding hydrogens is 320 g/mol. The van der Waals surface area contributed by atoms with E-state index >= 15 is 0 Å². The van der Waals surface area contributed by atoms with Crippen LogP contribution in [0, 0.1) is 11.8 Å². The van der Waals surface area contributed by atoms with Gasteiger partial charge in [-0.1, -0.05) is 13.8 Å². The number of nitrogens with one attached hydrogen (secondary N) is 1. The van der Waals surface area contributed by atoms with Gasteiger partial charge in [0.2, 0.25) is 5.91 Å². The summed E-state index contributed by atoms with van der Waals surface area (Å²) in [6.07, 6.45) is 4.08. The molecule has 2 amide bonds. The van der Waals surface area contributed by atoms with Crippen LogP contribution in [-0.4, -0.2) is 58.3 Å². The third-order valence-corrected chi connectivity index (χ3v) is 5.28. The Morgan fingerprint density at radius 2 is 2.20 bits per heavy atom. The van der Waals surface area contributed by atoms with Crippen molar-refractivity contribution < 1.29 is 14.3 Å². The van der Waals surface area contributed by atoms with Crippen LogP contribution in [-0.2, 0) is 16.6 Å². The standard InChI is InChI=1S/C18H28N4O3/c1-13(2)10-16(23)22-11-18(12-22)14(6-9-25-18)4-7-19-17(24)15-5-8-20-21(15)3/h5,8,13-14H,4,6-7,9-12H2,1-3H3,(H,19,24). The van der Waals surface area contributed by atoms with Gasteiger partial charge in [0, 0.05) is 32.8 Å². The van der Waals surface area contributed by atoms with E-state index in [-0.39, 0.29) is 17.4 Å². The van der Waals surface area contributed by atoms with Crippen LogP contribution in [0.2, 0.25) is 0 Å². The summed E-state index contributed by atoms with van der Waals surface area (Å²) in [5, 5.41) is 6.98. The lowest BCUT2D eigenvalue weighted by molar-refractivity contribution is -0.166. The average Bonchev–Trinajstić information content (AvgIpc) is 3.11. The van der Waals surface area contributed by atoms with Crippen molar-refractivity contribution in [3.63, 3.8) is 0 Å². The first kappa shape index (κ1) is 17.9. The number of hydrogen-bond acceptors (Lipinski definition) is 4. The number of hydrogen-bond donors (Lipinski definition) is 1. The van der Waals surface area contributed by atoms with Crippen LogP contribution in [0.1, 0.15) is 43.6 Å². The molecule has 2 aliphatic heterocycles. The second-order valence-electron chi connectivity index (χ2n) is 7.63. The fourth-order valence-electron chi connectivity index (χ4n) is 3.84. The molecule has 3 rings (SSSR count). The van der Waals surface area contributed by atoms with Gasteiger partial charge in [-0.2, -0.15) is 5.10 Å². The lowest BCUT2D eigenvalue weighted by Crippen LogP contribution is -2.66. The first-order valence-electron chi connectivity index (χ1n) is 9.09. The van der Waals surface area contributed by atoms with Crippen LogP contribution in [0.25, 0.3) is 0 Å². The fourth-order valence-corrected chi connectivity index (χ4v) is 3.84. The predicted molar refractivity (Wildman–Crippen MR) is 93.0 cm³/mol. The smallest absolute Gasteiger partial charge is 0.269 e. The van der Waals surface area contributed by atoms with Crippen LogP contribution >= 0.6 is 0 Å². The highest BCUT2D eigenvalue weighted by Crippen LogP contribution is 2.41. The Morgan fingerprint density at radius 3 is 2.84 bits per heavy atom. The zero-order chi connectivity index (χ0) is 18.0. The summed E-state index contributed by atoms with van der Waals surface area (Å²) in [4.78, 5) is 26.2. The summed E-state index contributed by atoms with van der Waals surface area (Å²) in [6.45, 7) is 6.87. The summed E-state index contributed by atoms with van der Waals surface area (Å²) >= 11 is 0. The molecule has 138 valence electrons. The Bertz CT molecular complexity index is 634. The van der Waals surface area contributed by atoms with Crippen molar-refractivity contribution in [3.05, 3.63) is 18.0 Å². The van der Waals surface area contributed by atoms with E-state index in [0.29, 0.717) is 43.6 Å². The molecule has 2 aliphatic rings. The van der Waals surface area contributed by atoms with E-state index in [1.807, 2.05) is 4.90 Å². The lowest BCUT2D eigenvalue weighted by Gasteiger charge is -2.50. The Hall–Kier alpha value is -1.89. The Balaban J connectivity index is 1.46. The first-order valence-corrected chi connectivity index (χ1v) is 9.09. The quantitative estimate of drug-likeness (QED) is 0.838. The minimum Gasteiger partial charge on any atom is -0.371 e. The normalized spacial score (nSPS) is 21.6. The molecule has 1 atom stereocenters. The number of ether oxygens (including phenoxy) is 1. The predicted octanol–water partition coefficient (Wildman–Crippen LogP) is 1.20. The van der Waals surface area contributed by atoms with Gasteiger partial charge in [-0.05, 0) is 30.7 Å². The third-order valence-electron chi connectivity index (χ3n) is 5.28. The summed E-state index contributed by atoms with van der Waals surface area (Å²) < 4.78 is 7.57. The molecule has 0 radical (unpaired) electrons. The van der Waals surface area contributed by atoms with Gasteiger partial charge >= 0.3 is 0 Å². The van der Waals surface area contributed by atoms with E-state index in [9.17, 15) is 9.59 Å². The average molecular weight is 348 g/mol. The molecule has 7 heteroatoms. The van der Waals surface area contributed by atoms with E-state index in [1.54, 1.807) is 24.0 Å². The van der Waals surface area contributed by atoms with Gasteiger partial charge in [-0.15, -0.1) is 0 Å². The van der Waals surface area contributed by atoms with Crippen LogP contribution < -0.4 is 5.32 Å². The molecule has 0 saturated carbocycles. The van der Waals surface area contributed by atoms with Gasteiger partial charge in [0.25, 0.3) is 5.91 Å². The van der Waals surface area contributed by atoms with Crippen molar-refractivity contribution >= 4 is 11.8 Å². The second kappa shape index (κ2) is 7.15. The van der Waals surface area contributed by atoms with Gasteiger partial charge in [-0.3, -0.25) is 14.3 Å². The molecule has 1 aromatic rings. The molecule has 1 unspecified atom stereocenters. The Kier molecular flexibility index (Phi) is 5.13. The van der Waals surface area contributed by atoms with E-state index in [2.05, 4.69) is 24.3 Å². The topological polar surface area (TPSA) is 76.5 Å². The van der Waals surface area contributed by atoms with Crippen molar-refractivity contribution in [2.24, 2.45) is 18.9 Å². The maximum Gasteiger partial charge on any atom is 0.269 e. The van der Waals surface area contributed by atoms with Gasteiger partial charge in [0.1, 0.15) is 11.3 Å². The van der Waals surface area contributed by atoms with Crippen molar-refractivity contribution in [3.8, 4) is 0 Å². The lowest BCUT2D eigenvalue weighted by atomic mass is 9.78. The number of carbonyl (C=O) groups is 2. The SMILES string of the molecule is CC(C)CC(=O)N1CC2(C1)OCCC2CCNC(=O)c1ccnn1C. The minimum atomic E-state index is -0.191. The molecule has 7 nitrogen and oxygen atoms in total. The number of amides is 2. The van der Waals surface area contributed by atoms with E-state index in [0.717, 1.165) is 19.4 Å². The van der Waals surface area contributed by atoms with Crippen LogP contribution in [0.4, 0.5) is 0 Å². The summed E-state index contributed by atoms with van der Waals surface area (Å²) in [6, 6.07) is 1.71. The fraction of sp³-hybridized carbons (Fsp3) is 0.722. The van der Waals surface area contributed by atoms with Gasteiger partial charge in [-0.25, -0.2) is 0 Å². The summed E-state index contributed by atoms with van der Waals surface area (Å²) in [5.41, 5.74) is 0.371. The molecule has 3 heterocycles. The number of aromatic nitrogens is 2. The second-order valence-corrected chi connectivity index (χ2v) is 7.63. The first-order chi connectivity index (χ1) is 11.9. The van der Waals surface area contributed by atoms with Gasteiger partial charge < -0.3 is 15.0 Å². The van der Waals surface area contributed by atoms with Crippen molar-refractivity contribution in [1.82, 2.24) is 20.0 Å². The largest absolute Gasteiger partial charge is 0.371 e. The highest BCUT2D eigenvalue weighted by atomic mass is 16.5. The highest BCUT2D eigenvalue weighted by molar-refractivity contribution is 5.92. The van der Waals surface area contributed by atoms with Crippen molar-refractivity contribution in [1.29, 1.82) is 0 Å². The van der Waals surface area contributed by atoms with E-state index in [4.69, 9.17) is 4.74 Å². The monoisotopic (exact) mass is 348 g/mol. The van der Waals surface area contributed by atoms with Crippen molar-refractivity contribution in [2.45, 2.75) is 38.7 Å². The van der Waals surface area contributed by atoms with Gasteiger partial charge in [0.15, 0.2) is 0 Å². The van der Waals surface area contributed by atoms with E-state index < -0.39 is 0 Å². The Morgan fingerprint density at radius 1 is 1.44 bits per heavy atom. The zero-order valence-electron chi connectivity index (χ0n) is 15.3. The minimum absolute atomic E-state index is 0.102. The number of rotatable bonds is 6. The number of carbonyl (C=O) groups excluding carboxylic acids is 2. The molecule has 0 aromatic carbocycles. The highest BCUT2D eigenvalue weighted by Gasteiger charge is 2.53. The number of likely N-dealkylation sites (tertiary alicyclic amines) is 1. The summed E-state index contributed by atoms with van der Waals surface area (Å²) in [5.74, 6) is 0.892. The maximum absolute atomic E-state index is 12.2. The molecule has 0 aliphatic carbocycles. The van der Waals surface area contributed by atoms with Crippen LogP contribution in [0.15, 0.2) is 12.3 Å². The van der Waals surface area contributed by atoms with Crippen molar-refractivity contribution in [2.75, 3.05) is 26.2 Å². The van der Waals surface area contributed by atoms with Gasteiger partial charge in [0.05, 0.1) is 13.1 Å². The Labute approximate surface area is 148 Å². The molecule has 2 fully saturated rings. The molecule has 1 aromatic heterocycles. The molecule has 1 N–H and O–H groups in total. The third kappa shape index (κ3) is 3.71. The molecule has 25 heavy (non-hydrogen) atoms. The van der Waals surface area contributed by atoms with Crippen LogP contribution in [0.5, 0.6) is 0 Å². The van der Waals surface area contributed by atoms with Crippen LogP contribution in [0.3, 0.4) is 0 Å². The number of nitrogens with zero attached hydrogens (tertiary/aromatic N) is 3. The molecular formula is C18H28N4O3. The molecule has 1 spiro atoms. The zero-order valence-corrected chi connectivity index (χ0v) is 15.3. The molecule has 0 bridgehead atoms. The number of aryl methyl sites for hydroxylation is 1. The van der Waals surface area contributed by atoms with E-state index in [1.165, 1.54) is 0 Å². The maximum atomic E-state index is 12.2. The molecule has 2 saturated heterocycles.